The van der Waals surface area contributed by atoms with Crippen LogP contribution in [0.25, 0.3) is 0 Å². The summed E-state index contributed by atoms with van der Waals surface area (Å²) in [5.74, 6) is -0.538. The van der Waals surface area contributed by atoms with Gasteiger partial charge in [-0.05, 0) is 38.8 Å². The first-order chi connectivity index (χ1) is 8.88. The predicted octanol–water partition coefficient (Wildman–Crippen LogP) is 2.33. The van der Waals surface area contributed by atoms with Crippen molar-refractivity contribution in [3.8, 4) is 0 Å². The van der Waals surface area contributed by atoms with Crippen LogP contribution in [0.3, 0.4) is 0 Å². The molecule has 0 aliphatic rings. The van der Waals surface area contributed by atoms with Crippen LogP contribution in [0.2, 0.25) is 0 Å². The van der Waals surface area contributed by atoms with E-state index in [9.17, 15) is 9.59 Å². The van der Waals surface area contributed by atoms with Crippen molar-refractivity contribution in [2.24, 2.45) is 0 Å². The summed E-state index contributed by atoms with van der Waals surface area (Å²) in [4.78, 5) is 25.5. The van der Waals surface area contributed by atoms with Crippen molar-refractivity contribution in [3.05, 3.63) is 34.9 Å². The van der Waals surface area contributed by atoms with Gasteiger partial charge < -0.3 is 9.64 Å². The van der Waals surface area contributed by atoms with E-state index in [4.69, 9.17) is 0 Å². The third-order valence-corrected chi connectivity index (χ3v) is 3.11. The number of hydrogen-bond acceptors (Lipinski definition) is 3. The van der Waals surface area contributed by atoms with Crippen molar-refractivity contribution in [1.82, 2.24) is 4.90 Å². The van der Waals surface area contributed by atoms with Crippen LogP contribution in [0.5, 0.6) is 0 Å². The maximum absolute atomic E-state index is 12.6. The van der Waals surface area contributed by atoms with Crippen LogP contribution < -0.4 is 0 Å². The first-order valence-corrected chi connectivity index (χ1v) is 6.32. The number of methoxy groups -OCH3 is 1. The molecule has 0 bridgehead atoms. The molecular formula is C15H21NO3. The zero-order valence-electron chi connectivity index (χ0n) is 12.2. The highest BCUT2D eigenvalue weighted by atomic mass is 16.5. The molecule has 0 unspecified atom stereocenters. The zero-order valence-corrected chi connectivity index (χ0v) is 12.2. The monoisotopic (exact) mass is 263 g/mol. The number of amides is 1. The number of carbonyl (C=O) groups excluding carboxylic acids is 2. The molecule has 0 N–H and O–H groups in total. The van der Waals surface area contributed by atoms with Crippen LogP contribution in [0.1, 0.15) is 35.3 Å². The van der Waals surface area contributed by atoms with E-state index in [0.717, 1.165) is 11.1 Å². The van der Waals surface area contributed by atoms with Crippen LogP contribution >= 0.6 is 0 Å². The summed E-state index contributed by atoms with van der Waals surface area (Å²) >= 11 is 0. The van der Waals surface area contributed by atoms with Gasteiger partial charge in [0.25, 0.3) is 5.91 Å². The van der Waals surface area contributed by atoms with Crippen LogP contribution in [0.4, 0.5) is 0 Å². The summed E-state index contributed by atoms with van der Waals surface area (Å²) in [6, 6.07) is 5.65. The standard InChI is InChI=1S/C15H21NO3/c1-10(2)16(9-13(17)19-5)15(18)14-11(3)7-6-8-12(14)4/h6-8,10H,9H2,1-5H3. The SMILES string of the molecule is COC(=O)CN(C(=O)c1c(C)cccc1C)C(C)C. The van der Waals surface area contributed by atoms with Crippen molar-refractivity contribution in [3.63, 3.8) is 0 Å². The van der Waals surface area contributed by atoms with Crippen molar-refractivity contribution in [2.45, 2.75) is 33.7 Å². The second kappa shape index (κ2) is 6.36. The summed E-state index contributed by atoms with van der Waals surface area (Å²) in [5, 5.41) is 0. The molecule has 1 amide bonds. The first kappa shape index (κ1) is 15.2. The molecule has 1 aromatic rings. The van der Waals surface area contributed by atoms with E-state index >= 15 is 0 Å². The van der Waals surface area contributed by atoms with E-state index in [1.54, 1.807) is 0 Å². The number of aryl methyl sites for hydroxylation is 2. The Labute approximate surface area is 114 Å². The molecule has 4 heteroatoms. The molecule has 0 saturated heterocycles. The molecule has 19 heavy (non-hydrogen) atoms. The van der Waals surface area contributed by atoms with Gasteiger partial charge >= 0.3 is 5.97 Å². The maximum Gasteiger partial charge on any atom is 0.325 e. The molecule has 0 aliphatic heterocycles. The van der Waals surface area contributed by atoms with E-state index < -0.39 is 5.97 Å². The maximum atomic E-state index is 12.6. The molecule has 1 rings (SSSR count). The minimum absolute atomic E-state index is 0.0270. The van der Waals surface area contributed by atoms with Crippen LogP contribution in [-0.2, 0) is 9.53 Å². The van der Waals surface area contributed by atoms with Gasteiger partial charge in [-0.2, -0.15) is 0 Å². The fourth-order valence-corrected chi connectivity index (χ4v) is 1.99. The lowest BCUT2D eigenvalue weighted by molar-refractivity contribution is -0.141. The number of hydrogen-bond donors (Lipinski definition) is 0. The lowest BCUT2D eigenvalue weighted by Gasteiger charge is -2.27. The zero-order chi connectivity index (χ0) is 14.6. The highest BCUT2D eigenvalue weighted by Gasteiger charge is 2.24. The minimum atomic E-state index is -0.409. The topological polar surface area (TPSA) is 46.6 Å². The summed E-state index contributed by atoms with van der Waals surface area (Å²) < 4.78 is 4.64. The number of esters is 1. The average Bonchev–Trinajstić information content (AvgIpc) is 2.34. The molecule has 0 heterocycles. The van der Waals surface area contributed by atoms with Crippen molar-refractivity contribution < 1.29 is 14.3 Å². The normalized spacial score (nSPS) is 10.4. The molecule has 0 spiro atoms. The summed E-state index contributed by atoms with van der Waals surface area (Å²) in [7, 11) is 1.32. The Morgan fingerprint density at radius 2 is 1.74 bits per heavy atom. The molecular weight excluding hydrogens is 242 g/mol. The van der Waals surface area contributed by atoms with E-state index in [-0.39, 0.29) is 18.5 Å². The van der Waals surface area contributed by atoms with Crippen LogP contribution in [-0.4, -0.2) is 36.5 Å². The molecule has 4 nitrogen and oxygen atoms in total. The Bertz CT molecular complexity index is 460. The lowest BCUT2D eigenvalue weighted by Crippen LogP contribution is -2.41. The summed E-state index contributed by atoms with van der Waals surface area (Å²) in [5.41, 5.74) is 2.50. The molecule has 0 aliphatic carbocycles. The molecule has 0 radical (unpaired) electrons. The van der Waals surface area contributed by atoms with Gasteiger partial charge in [0.2, 0.25) is 0 Å². The van der Waals surface area contributed by atoms with Gasteiger partial charge in [-0.1, -0.05) is 18.2 Å². The number of benzene rings is 1. The van der Waals surface area contributed by atoms with Gasteiger partial charge in [0, 0.05) is 11.6 Å². The molecule has 0 fully saturated rings. The Morgan fingerprint density at radius 1 is 1.21 bits per heavy atom. The second-order valence-electron chi connectivity index (χ2n) is 4.87. The third-order valence-electron chi connectivity index (χ3n) is 3.11. The van der Waals surface area contributed by atoms with Gasteiger partial charge in [-0.15, -0.1) is 0 Å². The quantitative estimate of drug-likeness (QED) is 0.783. The van der Waals surface area contributed by atoms with Crippen molar-refractivity contribution >= 4 is 11.9 Å². The Hall–Kier alpha value is -1.84. The van der Waals surface area contributed by atoms with Crippen LogP contribution in [0, 0.1) is 13.8 Å². The summed E-state index contributed by atoms with van der Waals surface area (Å²) in [6.07, 6.45) is 0. The van der Waals surface area contributed by atoms with Crippen molar-refractivity contribution in [1.29, 1.82) is 0 Å². The van der Waals surface area contributed by atoms with Gasteiger partial charge in [0.05, 0.1) is 7.11 Å². The molecule has 0 atom stereocenters. The number of carbonyl (C=O) groups is 2. The number of nitrogens with zero attached hydrogens (tertiary/aromatic N) is 1. The van der Waals surface area contributed by atoms with E-state index in [0.29, 0.717) is 5.56 Å². The fraction of sp³-hybridized carbons (Fsp3) is 0.467. The Morgan fingerprint density at radius 3 is 2.16 bits per heavy atom. The molecule has 0 aromatic heterocycles. The highest BCUT2D eigenvalue weighted by molar-refractivity contribution is 5.98. The Balaban J connectivity index is 3.10. The smallest absolute Gasteiger partial charge is 0.325 e. The Kier molecular flexibility index (Phi) is 5.10. The first-order valence-electron chi connectivity index (χ1n) is 6.32. The highest BCUT2D eigenvalue weighted by Crippen LogP contribution is 2.17. The van der Waals surface area contributed by atoms with Gasteiger partial charge in [0.1, 0.15) is 6.54 Å². The minimum Gasteiger partial charge on any atom is -0.468 e. The largest absolute Gasteiger partial charge is 0.468 e. The summed E-state index contributed by atoms with van der Waals surface area (Å²) in [6.45, 7) is 7.54. The molecule has 0 saturated carbocycles. The fourth-order valence-electron chi connectivity index (χ4n) is 1.99. The third kappa shape index (κ3) is 3.56. The van der Waals surface area contributed by atoms with E-state index in [2.05, 4.69) is 4.74 Å². The molecule has 104 valence electrons. The molecule has 1 aromatic carbocycles. The average molecular weight is 263 g/mol. The lowest BCUT2D eigenvalue weighted by atomic mass is 10.0. The van der Waals surface area contributed by atoms with Gasteiger partial charge in [-0.3, -0.25) is 9.59 Å². The van der Waals surface area contributed by atoms with E-state index in [1.165, 1.54) is 12.0 Å². The van der Waals surface area contributed by atoms with E-state index in [1.807, 2.05) is 45.9 Å². The van der Waals surface area contributed by atoms with Gasteiger partial charge in [0.15, 0.2) is 0 Å². The number of rotatable bonds is 4. The second-order valence-corrected chi connectivity index (χ2v) is 4.87. The van der Waals surface area contributed by atoms with Crippen LogP contribution in [0.15, 0.2) is 18.2 Å². The predicted molar refractivity (Wildman–Crippen MR) is 74.1 cm³/mol. The van der Waals surface area contributed by atoms with Gasteiger partial charge in [-0.25, -0.2) is 0 Å². The van der Waals surface area contributed by atoms with Crippen molar-refractivity contribution in [2.75, 3.05) is 13.7 Å². The number of ether oxygens (including phenoxy) is 1.